The van der Waals surface area contributed by atoms with Gasteiger partial charge < -0.3 is 5.32 Å². The minimum absolute atomic E-state index is 0.244. The first-order chi connectivity index (χ1) is 9.95. The van der Waals surface area contributed by atoms with E-state index in [2.05, 4.69) is 23.9 Å². The predicted molar refractivity (Wildman–Crippen MR) is 86.4 cm³/mol. The average Bonchev–Trinajstić information content (AvgIpc) is 2.45. The Labute approximate surface area is 130 Å². The van der Waals surface area contributed by atoms with Crippen molar-refractivity contribution < 1.29 is 8.42 Å². The van der Waals surface area contributed by atoms with Crippen molar-refractivity contribution in [2.45, 2.75) is 64.3 Å². The minimum Gasteiger partial charge on any atom is -0.317 e. The third-order valence-corrected chi connectivity index (χ3v) is 6.60. The molecule has 2 rings (SSSR count). The minimum atomic E-state index is -3.34. The first kappa shape index (κ1) is 17.2. The molecule has 1 saturated heterocycles. The number of rotatable bonds is 6. The molecule has 1 aliphatic heterocycles. The molecule has 1 saturated carbocycles. The zero-order valence-corrected chi connectivity index (χ0v) is 14.3. The highest BCUT2D eigenvalue weighted by Gasteiger charge is 2.36. The van der Waals surface area contributed by atoms with Gasteiger partial charge in [0, 0.05) is 18.6 Å². The van der Waals surface area contributed by atoms with Gasteiger partial charge in [0.05, 0.1) is 0 Å². The van der Waals surface area contributed by atoms with Crippen LogP contribution in [0.4, 0.5) is 0 Å². The van der Waals surface area contributed by atoms with Crippen molar-refractivity contribution >= 4 is 10.2 Å². The molecule has 0 aromatic rings. The predicted octanol–water partition coefficient (Wildman–Crippen LogP) is 1.87. The van der Waals surface area contributed by atoms with Gasteiger partial charge in [0.15, 0.2) is 0 Å². The lowest BCUT2D eigenvalue weighted by Gasteiger charge is -2.38. The molecule has 0 amide bonds. The third kappa shape index (κ3) is 4.91. The zero-order valence-electron chi connectivity index (χ0n) is 13.5. The van der Waals surface area contributed by atoms with Gasteiger partial charge in [0.25, 0.3) is 10.2 Å². The molecule has 1 heterocycles. The van der Waals surface area contributed by atoms with Crippen LogP contribution in [0, 0.1) is 5.92 Å². The Morgan fingerprint density at radius 3 is 2.57 bits per heavy atom. The summed E-state index contributed by atoms with van der Waals surface area (Å²) in [6.07, 6.45) is 7.49. The second-order valence-electron chi connectivity index (χ2n) is 6.90. The van der Waals surface area contributed by atoms with Gasteiger partial charge in [-0.15, -0.1) is 0 Å². The molecule has 0 spiro atoms. The molecule has 1 atom stereocenters. The summed E-state index contributed by atoms with van der Waals surface area (Å²) in [5.74, 6) is 0.439. The van der Waals surface area contributed by atoms with Crippen LogP contribution >= 0.6 is 0 Å². The molecular formula is C15H31N3O2S. The van der Waals surface area contributed by atoms with Gasteiger partial charge in [-0.25, -0.2) is 0 Å². The molecule has 0 aromatic heterocycles. The Morgan fingerprint density at radius 2 is 1.90 bits per heavy atom. The molecule has 6 heteroatoms. The van der Waals surface area contributed by atoms with Crippen LogP contribution in [-0.2, 0) is 10.2 Å². The van der Waals surface area contributed by atoms with Crippen molar-refractivity contribution in [3.63, 3.8) is 0 Å². The lowest BCUT2D eigenvalue weighted by molar-refractivity contribution is 0.243. The van der Waals surface area contributed by atoms with Gasteiger partial charge >= 0.3 is 0 Å². The van der Waals surface area contributed by atoms with Crippen molar-refractivity contribution in [1.82, 2.24) is 14.3 Å². The molecular weight excluding hydrogens is 286 g/mol. The Bertz CT molecular complexity index is 419. The van der Waals surface area contributed by atoms with Crippen molar-refractivity contribution in [1.29, 1.82) is 0 Å². The molecule has 21 heavy (non-hydrogen) atoms. The maximum atomic E-state index is 12.7. The van der Waals surface area contributed by atoms with E-state index in [1.165, 1.54) is 6.42 Å². The number of nitrogens with one attached hydrogen (secondary N) is 2. The summed E-state index contributed by atoms with van der Waals surface area (Å²) in [5, 5.41) is 3.34. The van der Waals surface area contributed by atoms with Crippen LogP contribution in [-0.4, -0.2) is 44.4 Å². The normalized spacial score (nSPS) is 27.6. The fourth-order valence-electron chi connectivity index (χ4n) is 3.57. The Kier molecular flexibility index (Phi) is 6.05. The molecule has 5 nitrogen and oxygen atoms in total. The summed E-state index contributed by atoms with van der Waals surface area (Å²) < 4.78 is 30.0. The van der Waals surface area contributed by atoms with Crippen LogP contribution < -0.4 is 10.0 Å². The van der Waals surface area contributed by atoms with Crippen molar-refractivity contribution in [2.24, 2.45) is 5.92 Å². The summed E-state index contributed by atoms with van der Waals surface area (Å²) in [4.78, 5) is 0. The molecule has 0 bridgehead atoms. The van der Waals surface area contributed by atoms with Gasteiger partial charge in [0.2, 0.25) is 0 Å². The Hall–Kier alpha value is -0.170. The van der Waals surface area contributed by atoms with E-state index in [4.69, 9.17) is 0 Å². The van der Waals surface area contributed by atoms with Crippen LogP contribution in [0.5, 0.6) is 0 Å². The van der Waals surface area contributed by atoms with Crippen LogP contribution in [0.3, 0.4) is 0 Å². The standard InChI is InChI=1S/C15H31N3O2S/c1-3-16-12-14-8-7-11-18(13-14)21(19,20)17-15(2)9-5-4-6-10-15/h14,16-17H,3-13H2,1-2H3. The summed E-state index contributed by atoms with van der Waals surface area (Å²) in [5.41, 5.74) is -0.244. The summed E-state index contributed by atoms with van der Waals surface area (Å²) in [6.45, 7) is 7.32. The molecule has 1 aliphatic carbocycles. The van der Waals surface area contributed by atoms with E-state index in [1.54, 1.807) is 4.31 Å². The van der Waals surface area contributed by atoms with Gasteiger partial charge in [-0.05, 0) is 51.6 Å². The highest BCUT2D eigenvalue weighted by Crippen LogP contribution is 2.29. The Balaban J connectivity index is 1.94. The summed E-state index contributed by atoms with van der Waals surface area (Å²) in [6, 6.07) is 0. The molecule has 2 fully saturated rings. The second kappa shape index (κ2) is 7.40. The van der Waals surface area contributed by atoms with Crippen LogP contribution in [0.15, 0.2) is 0 Å². The maximum Gasteiger partial charge on any atom is 0.279 e. The van der Waals surface area contributed by atoms with Crippen molar-refractivity contribution in [2.75, 3.05) is 26.2 Å². The monoisotopic (exact) mass is 317 g/mol. The Morgan fingerprint density at radius 1 is 1.19 bits per heavy atom. The van der Waals surface area contributed by atoms with Crippen molar-refractivity contribution in [3.8, 4) is 0 Å². The van der Waals surface area contributed by atoms with Gasteiger partial charge in [-0.1, -0.05) is 26.2 Å². The molecule has 0 radical (unpaired) electrons. The van der Waals surface area contributed by atoms with E-state index in [0.29, 0.717) is 19.0 Å². The molecule has 124 valence electrons. The maximum absolute atomic E-state index is 12.7. The highest BCUT2D eigenvalue weighted by atomic mass is 32.2. The summed E-state index contributed by atoms with van der Waals surface area (Å²) in [7, 11) is -3.34. The third-order valence-electron chi connectivity index (χ3n) is 4.84. The quantitative estimate of drug-likeness (QED) is 0.786. The van der Waals surface area contributed by atoms with Crippen LogP contribution in [0.2, 0.25) is 0 Å². The van der Waals surface area contributed by atoms with E-state index in [9.17, 15) is 8.42 Å². The smallest absolute Gasteiger partial charge is 0.279 e. The fraction of sp³-hybridized carbons (Fsp3) is 1.00. The lowest BCUT2D eigenvalue weighted by Crippen LogP contribution is -2.55. The van der Waals surface area contributed by atoms with Crippen LogP contribution in [0.1, 0.15) is 58.8 Å². The van der Waals surface area contributed by atoms with E-state index in [0.717, 1.165) is 51.6 Å². The first-order valence-electron chi connectivity index (χ1n) is 8.45. The molecule has 2 aliphatic rings. The molecule has 2 N–H and O–H groups in total. The SMILES string of the molecule is CCNCC1CCCN(S(=O)(=O)NC2(C)CCCCC2)C1. The van der Waals surface area contributed by atoms with E-state index >= 15 is 0 Å². The van der Waals surface area contributed by atoms with Gasteiger partial charge in [0.1, 0.15) is 0 Å². The number of piperidine rings is 1. The highest BCUT2D eigenvalue weighted by molar-refractivity contribution is 7.87. The number of hydrogen-bond acceptors (Lipinski definition) is 3. The average molecular weight is 317 g/mol. The summed E-state index contributed by atoms with van der Waals surface area (Å²) >= 11 is 0. The topological polar surface area (TPSA) is 61.4 Å². The molecule has 1 unspecified atom stereocenters. The van der Waals surface area contributed by atoms with Crippen LogP contribution in [0.25, 0.3) is 0 Å². The number of hydrogen-bond donors (Lipinski definition) is 2. The lowest BCUT2D eigenvalue weighted by atomic mass is 9.84. The van der Waals surface area contributed by atoms with E-state index in [-0.39, 0.29) is 5.54 Å². The fourth-order valence-corrected chi connectivity index (χ4v) is 5.30. The van der Waals surface area contributed by atoms with E-state index < -0.39 is 10.2 Å². The van der Waals surface area contributed by atoms with Gasteiger partial charge in [-0.3, -0.25) is 0 Å². The van der Waals surface area contributed by atoms with Crippen molar-refractivity contribution in [3.05, 3.63) is 0 Å². The number of nitrogens with zero attached hydrogens (tertiary/aromatic N) is 1. The van der Waals surface area contributed by atoms with Gasteiger partial charge in [-0.2, -0.15) is 17.4 Å². The first-order valence-corrected chi connectivity index (χ1v) is 9.89. The largest absolute Gasteiger partial charge is 0.317 e. The molecule has 0 aromatic carbocycles. The second-order valence-corrected chi connectivity index (χ2v) is 8.57. The zero-order chi connectivity index (χ0) is 15.3. The van der Waals surface area contributed by atoms with E-state index in [1.807, 2.05) is 0 Å².